The van der Waals surface area contributed by atoms with Crippen LogP contribution in [0, 0.1) is 5.82 Å². The first-order valence-corrected chi connectivity index (χ1v) is 6.99. The van der Waals surface area contributed by atoms with Crippen molar-refractivity contribution >= 4 is 15.9 Å². The molecule has 2 rings (SSSR count). The zero-order valence-corrected chi connectivity index (χ0v) is 12.5. The Bertz CT molecular complexity index is 570. The molecule has 0 saturated heterocycles. The van der Waals surface area contributed by atoms with E-state index in [0.29, 0.717) is 16.1 Å². The van der Waals surface area contributed by atoms with Crippen LogP contribution in [0.5, 0.6) is 0 Å². The molecule has 1 heterocycles. The highest BCUT2D eigenvalue weighted by Gasteiger charge is 2.09. The van der Waals surface area contributed by atoms with Crippen LogP contribution in [-0.2, 0) is 6.54 Å². The summed E-state index contributed by atoms with van der Waals surface area (Å²) in [4.78, 5) is 4.19. The van der Waals surface area contributed by atoms with Gasteiger partial charge in [-0.15, -0.1) is 0 Å². The molecule has 19 heavy (non-hydrogen) atoms. The van der Waals surface area contributed by atoms with E-state index in [2.05, 4.69) is 40.1 Å². The van der Waals surface area contributed by atoms with E-state index in [-0.39, 0.29) is 5.82 Å². The van der Waals surface area contributed by atoms with Crippen LogP contribution in [0.4, 0.5) is 4.39 Å². The summed E-state index contributed by atoms with van der Waals surface area (Å²) in [6.45, 7) is 4.91. The first-order valence-electron chi connectivity index (χ1n) is 6.19. The molecule has 100 valence electrons. The summed E-state index contributed by atoms with van der Waals surface area (Å²) >= 11 is 3.20. The van der Waals surface area contributed by atoms with Crippen LogP contribution in [0.3, 0.4) is 0 Å². The van der Waals surface area contributed by atoms with E-state index in [1.54, 1.807) is 24.5 Å². The first-order chi connectivity index (χ1) is 9.08. The number of nitrogens with one attached hydrogen (secondary N) is 1. The molecule has 4 heteroatoms. The minimum atomic E-state index is -0.252. The third-order valence-electron chi connectivity index (χ3n) is 2.77. The molecule has 0 saturated carbocycles. The SMILES string of the molecule is CC(C)NCc1cncc(-c2cccc(Br)c2F)c1. The number of aromatic nitrogens is 1. The van der Waals surface area contributed by atoms with Gasteiger partial charge in [0.2, 0.25) is 0 Å². The molecule has 0 spiro atoms. The molecule has 2 aromatic rings. The molecule has 0 unspecified atom stereocenters. The van der Waals surface area contributed by atoms with E-state index >= 15 is 0 Å². The summed E-state index contributed by atoms with van der Waals surface area (Å²) in [7, 11) is 0. The lowest BCUT2D eigenvalue weighted by molar-refractivity contribution is 0.588. The average molecular weight is 323 g/mol. The molecular formula is C15H16BrFN2. The van der Waals surface area contributed by atoms with Crippen molar-refractivity contribution in [1.29, 1.82) is 0 Å². The van der Waals surface area contributed by atoms with Crippen LogP contribution in [0.1, 0.15) is 19.4 Å². The van der Waals surface area contributed by atoms with Gasteiger partial charge in [-0.3, -0.25) is 4.98 Å². The average Bonchev–Trinajstić information content (AvgIpc) is 2.40. The van der Waals surface area contributed by atoms with Crippen LogP contribution in [0.25, 0.3) is 11.1 Å². The second-order valence-corrected chi connectivity index (χ2v) is 5.57. The number of halogens is 2. The van der Waals surface area contributed by atoms with Crippen LogP contribution in [-0.4, -0.2) is 11.0 Å². The quantitative estimate of drug-likeness (QED) is 0.914. The molecule has 2 nitrogen and oxygen atoms in total. The summed E-state index contributed by atoms with van der Waals surface area (Å²) in [5, 5.41) is 3.32. The van der Waals surface area contributed by atoms with Gasteiger partial charge in [-0.25, -0.2) is 4.39 Å². The van der Waals surface area contributed by atoms with Gasteiger partial charge in [0.1, 0.15) is 5.82 Å². The summed E-state index contributed by atoms with van der Waals surface area (Å²) in [6, 6.07) is 7.65. The summed E-state index contributed by atoms with van der Waals surface area (Å²) in [5.41, 5.74) is 2.40. The minimum Gasteiger partial charge on any atom is -0.310 e. The zero-order valence-electron chi connectivity index (χ0n) is 11.0. The summed E-state index contributed by atoms with van der Waals surface area (Å²) < 4.78 is 14.5. The first kappa shape index (κ1) is 14.2. The Morgan fingerprint density at radius 3 is 2.84 bits per heavy atom. The highest BCUT2D eigenvalue weighted by atomic mass is 79.9. The van der Waals surface area contributed by atoms with Crippen LogP contribution < -0.4 is 5.32 Å². The highest BCUT2D eigenvalue weighted by Crippen LogP contribution is 2.27. The third kappa shape index (κ3) is 3.61. The Balaban J connectivity index is 2.30. The zero-order chi connectivity index (χ0) is 13.8. The van der Waals surface area contributed by atoms with Gasteiger partial charge in [-0.1, -0.05) is 26.0 Å². The molecule has 1 N–H and O–H groups in total. The monoisotopic (exact) mass is 322 g/mol. The lowest BCUT2D eigenvalue weighted by atomic mass is 10.1. The maximum absolute atomic E-state index is 14.0. The Morgan fingerprint density at radius 1 is 1.32 bits per heavy atom. The smallest absolute Gasteiger partial charge is 0.145 e. The van der Waals surface area contributed by atoms with Crippen LogP contribution in [0.15, 0.2) is 41.1 Å². The van der Waals surface area contributed by atoms with E-state index in [9.17, 15) is 4.39 Å². The van der Waals surface area contributed by atoms with Gasteiger partial charge in [0.05, 0.1) is 4.47 Å². The Morgan fingerprint density at radius 2 is 2.11 bits per heavy atom. The highest BCUT2D eigenvalue weighted by molar-refractivity contribution is 9.10. The number of nitrogens with zero attached hydrogens (tertiary/aromatic N) is 1. The number of pyridine rings is 1. The Labute approximate surface area is 121 Å². The van der Waals surface area contributed by atoms with E-state index in [1.165, 1.54) is 0 Å². The van der Waals surface area contributed by atoms with Gasteiger partial charge in [0, 0.05) is 36.1 Å². The number of hydrogen-bond donors (Lipinski definition) is 1. The number of benzene rings is 1. The van der Waals surface area contributed by atoms with Gasteiger partial charge >= 0.3 is 0 Å². The van der Waals surface area contributed by atoms with Gasteiger partial charge in [0.25, 0.3) is 0 Å². The van der Waals surface area contributed by atoms with E-state index in [0.717, 1.165) is 17.7 Å². The van der Waals surface area contributed by atoms with Crippen molar-refractivity contribution < 1.29 is 4.39 Å². The predicted molar refractivity (Wildman–Crippen MR) is 79.3 cm³/mol. The molecule has 1 aromatic heterocycles. The predicted octanol–water partition coefficient (Wildman–Crippen LogP) is 4.15. The fraction of sp³-hybridized carbons (Fsp3) is 0.267. The molecule has 0 aliphatic carbocycles. The third-order valence-corrected chi connectivity index (χ3v) is 3.38. The standard InChI is InChI=1S/C15H16BrFN2/c1-10(2)19-8-11-6-12(9-18-7-11)13-4-3-5-14(16)15(13)17/h3-7,9-10,19H,8H2,1-2H3. The molecule has 0 atom stereocenters. The Kier molecular flexibility index (Phi) is 4.66. The van der Waals surface area contributed by atoms with E-state index in [1.807, 2.05) is 12.1 Å². The summed E-state index contributed by atoms with van der Waals surface area (Å²) in [5.74, 6) is -0.252. The molecule has 0 aliphatic heterocycles. The largest absolute Gasteiger partial charge is 0.310 e. The van der Waals surface area contributed by atoms with E-state index in [4.69, 9.17) is 0 Å². The maximum atomic E-state index is 14.0. The van der Waals surface area contributed by atoms with Crippen LogP contribution >= 0.6 is 15.9 Å². The fourth-order valence-electron chi connectivity index (χ4n) is 1.78. The normalized spacial score (nSPS) is 11.0. The maximum Gasteiger partial charge on any atom is 0.145 e. The van der Waals surface area contributed by atoms with Crippen molar-refractivity contribution in [3.63, 3.8) is 0 Å². The van der Waals surface area contributed by atoms with Gasteiger partial charge < -0.3 is 5.32 Å². The van der Waals surface area contributed by atoms with Crippen molar-refractivity contribution in [3.05, 3.63) is 52.5 Å². The topological polar surface area (TPSA) is 24.9 Å². The lowest BCUT2D eigenvalue weighted by Gasteiger charge is -2.10. The molecular weight excluding hydrogens is 307 g/mol. The lowest BCUT2D eigenvalue weighted by Crippen LogP contribution is -2.21. The van der Waals surface area contributed by atoms with E-state index < -0.39 is 0 Å². The van der Waals surface area contributed by atoms with Crippen LogP contribution in [0.2, 0.25) is 0 Å². The van der Waals surface area contributed by atoms with Crippen molar-refractivity contribution in [2.24, 2.45) is 0 Å². The molecule has 0 fully saturated rings. The van der Waals surface area contributed by atoms with Crippen molar-refractivity contribution in [2.45, 2.75) is 26.4 Å². The molecule has 0 radical (unpaired) electrons. The second-order valence-electron chi connectivity index (χ2n) is 4.72. The fourth-order valence-corrected chi connectivity index (χ4v) is 2.15. The van der Waals surface area contributed by atoms with Crippen molar-refractivity contribution in [3.8, 4) is 11.1 Å². The van der Waals surface area contributed by atoms with Crippen molar-refractivity contribution in [2.75, 3.05) is 0 Å². The second kappa shape index (κ2) is 6.26. The van der Waals surface area contributed by atoms with Crippen molar-refractivity contribution in [1.82, 2.24) is 10.3 Å². The Hall–Kier alpha value is -1.26. The molecule has 0 amide bonds. The number of hydrogen-bond acceptors (Lipinski definition) is 2. The number of rotatable bonds is 4. The molecule has 1 aromatic carbocycles. The van der Waals surface area contributed by atoms with Gasteiger partial charge in [-0.2, -0.15) is 0 Å². The summed E-state index contributed by atoms with van der Waals surface area (Å²) in [6.07, 6.45) is 3.48. The minimum absolute atomic E-state index is 0.252. The molecule has 0 aliphatic rings. The van der Waals surface area contributed by atoms with Gasteiger partial charge in [0.15, 0.2) is 0 Å². The molecule has 0 bridgehead atoms. The van der Waals surface area contributed by atoms with Gasteiger partial charge in [-0.05, 0) is 33.6 Å².